The lowest BCUT2D eigenvalue weighted by Gasteiger charge is -2.23. The predicted molar refractivity (Wildman–Crippen MR) is 116 cm³/mol. The number of hydrogen-bond acceptors (Lipinski definition) is 8. The first kappa shape index (κ1) is 20.4. The molecule has 1 aliphatic rings. The van der Waals surface area contributed by atoms with Crippen LogP contribution in [0.4, 0.5) is 0 Å². The number of thioether (sulfide) groups is 1. The van der Waals surface area contributed by atoms with Gasteiger partial charge in [0.15, 0.2) is 17.3 Å². The maximum absolute atomic E-state index is 12.9. The van der Waals surface area contributed by atoms with Crippen molar-refractivity contribution in [1.82, 2.24) is 14.8 Å². The molecule has 1 atom stereocenters. The lowest BCUT2D eigenvalue weighted by atomic mass is 10.2. The van der Waals surface area contributed by atoms with Crippen molar-refractivity contribution < 1.29 is 23.1 Å². The number of nitrogens with zero attached hydrogens (tertiary/aromatic N) is 3. The maximum atomic E-state index is 12.9. The van der Waals surface area contributed by atoms with E-state index in [1.54, 1.807) is 6.26 Å². The Bertz CT molecular complexity index is 1240. The standard InChI is InChI=1S/C23H21N3O5S/c1-14-10-17(15(2)26(14)11-16-6-5-9-28-16)18(27)13-32-23-25-24-22(31-23)21-12-29-19-7-3-4-8-20(19)30-21/h3-10,21H,11-13H2,1-2H3/t21-/m1/s1. The van der Waals surface area contributed by atoms with Gasteiger partial charge in [0.05, 0.1) is 18.6 Å². The fourth-order valence-corrected chi connectivity index (χ4v) is 4.29. The van der Waals surface area contributed by atoms with Crippen molar-refractivity contribution >= 4 is 17.5 Å². The molecule has 0 saturated carbocycles. The van der Waals surface area contributed by atoms with Crippen LogP contribution < -0.4 is 9.47 Å². The summed E-state index contributed by atoms with van der Waals surface area (Å²) in [4.78, 5) is 12.9. The summed E-state index contributed by atoms with van der Waals surface area (Å²) >= 11 is 1.21. The van der Waals surface area contributed by atoms with Crippen LogP contribution in [0.15, 0.2) is 62.8 Å². The zero-order chi connectivity index (χ0) is 22.1. The van der Waals surface area contributed by atoms with Crippen LogP contribution in [-0.2, 0) is 6.54 Å². The van der Waals surface area contributed by atoms with Gasteiger partial charge >= 0.3 is 0 Å². The van der Waals surface area contributed by atoms with E-state index in [1.165, 1.54) is 11.8 Å². The summed E-state index contributed by atoms with van der Waals surface area (Å²) in [5.41, 5.74) is 2.59. The normalized spacial score (nSPS) is 15.1. The van der Waals surface area contributed by atoms with Crippen LogP contribution in [0.1, 0.15) is 39.5 Å². The van der Waals surface area contributed by atoms with Crippen molar-refractivity contribution in [2.24, 2.45) is 0 Å². The molecule has 0 bridgehead atoms. The van der Waals surface area contributed by atoms with E-state index >= 15 is 0 Å². The number of aryl methyl sites for hydroxylation is 1. The minimum absolute atomic E-state index is 0.000257. The first-order valence-electron chi connectivity index (χ1n) is 10.2. The van der Waals surface area contributed by atoms with Crippen molar-refractivity contribution in [2.45, 2.75) is 31.7 Å². The van der Waals surface area contributed by atoms with Crippen molar-refractivity contribution in [3.8, 4) is 11.5 Å². The number of aromatic nitrogens is 3. The Labute approximate surface area is 188 Å². The molecular weight excluding hydrogens is 430 g/mol. The molecule has 0 spiro atoms. The van der Waals surface area contributed by atoms with E-state index in [4.69, 9.17) is 18.3 Å². The average Bonchev–Trinajstić information content (AvgIpc) is 3.55. The fourth-order valence-electron chi connectivity index (χ4n) is 3.64. The van der Waals surface area contributed by atoms with Crippen LogP contribution in [0.2, 0.25) is 0 Å². The van der Waals surface area contributed by atoms with E-state index in [2.05, 4.69) is 14.8 Å². The maximum Gasteiger partial charge on any atom is 0.277 e. The molecule has 0 radical (unpaired) electrons. The molecule has 0 amide bonds. The topological polar surface area (TPSA) is 92.5 Å². The predicted octanol–water partition coefficient (Wildman–Crippen LogP) is 4.62. The van der Waals surface area contributed by atoms with Crippen molar-refractivity contribution in [1.29, 1.82) is 0 Å². The molecule has 0 fully saturated rings. The van der Waals surface area contributed by atoms with Gasteiger partial charge in [0, 0.05) is 17.0 Å². The van der Waals surface area contributed by atoms with E-state index in [-0.39, 0.29) is 18.1 Å². The lowest BCUT2D eigenvalue weighted by molar-refractivity contribution is 0.0686. The highest BCUT2D eigenvalue weighted by Gasteiger charge is 2.27. The second kappa shape index (κ2) is 8.58. The first-order valence-corrected chi connectivity index (χ1v) is 11.1. The van der Waals surface area contributed by atoms with Crippen LogP contribution >= 0.6 is 11.8 Å². The summed E-state index contributed by atoms with van der Waals surface area (Å²) < 4.78 is 24.8. The number of Topliss-reactive ketones (excluding diaryl/α,β-unsaturated/α-hetero) is 1. The minimum atomic E-state index is -0.483. The number of benzene rings is 1. The second-order valence-corrected chi connectivity index (χ2v) is 8.36. The summed E-state index contributed by atoms with van der Waals surface area (Å²) in [7, 11) is 0. The van der Waals surface area contributed by atoms with Crippen molar-refractivity contribution in [3.63, 3.8) is 0 Å². The molecule has 4 aromatic rings. The largest absolute Gasteiger partial charge is 0.485 e. The number of carbonyl (C=O) groups excluding carboxylic acids is 1. The van der Waals surface area contributed by atoms with Gasteiger partial charge in [0.1, 0.15) is 12.4 Å². The van der Waals surface area contributed by atoms with Crippen molar-refractivity contribution in [2.75, 3.05) is 12.4 Å². The van der Waals surface area contributed by atoms with Crippen LogP contribution in [0.3, 0.4) is 0 Å². The monoisotopic (exact) mass is 451 g/mol. The van der Waals surface area contributed by atoms with E-state index in [9.17, 15) is 4.79 Å². The molecule has 9 heteroatoms. The number of ketones is 1. The fraction of sp³-hybridized carbons (Fsp3) is 0.261. The molecule has 4 heterocycles. The molecule has 32 heavy (non-hydrogen) atoms. The number of furan rings is 1. The third kappa shape index (κ3) is 4.03. The Morgan fingerprint density at radius 3 is 2.81 bits per heavy atom. The highest BCUT2D eigenvalue weighted by Crippen LogP contribution is 2.36. The molecule has 5 rings (SSSR count). The van der Waals surface area contributed by atoms with E-state index < -0.39 is 6.10 Å². The summed E-state index contributed by atoms with van der Waals surface area (Å²) in [6.45, 7) is 4.79. The van der Waals surface area contributed by atoms with Crippen LogP contribution in [0.25, 0.3) is 0 Å². The Balaban J connectivity index is 1.22. The van der Waals surface area contributed by atoms with Gasteiger partial charge < -0.3 is 22.9 Å². The van der Waals surface area contributed by atoms with E-state index in [0.29, 0.717) is 34.7 Å². The third-order valence-corrected chi connectivity index (χ3v) is 6.12. The van der Waals surface area contributed by atoms with Crippen molar-refractivity contribution in [3.05, 3.63) is 77.3 Å². The Kier molecular flexibility index (Phi) is 5.48. The average molecular weight is 452 g/mol. The number of rotatable bonds is 7. The highest BCUT2D eigenvalue weighted by atomic mass is 32.2. The molecule has 0 aliphatic carbocycles. The zero-order valence-corrected chi connectivity index (χ0v) is 18.4. The number of fused-ring (bicyclic) bond motifs is 1. The molecule has 164 valence electrons. The molecule has 0 N–H and O–H groups in total. The Morgan fingerprint density at radius 2 is 2.00 bits per heavy atom. The summed E-state index contributed by atoms with van der Waals surface area (Å²) in [6, 6.07) is 13.1. The van der Waals surface area contributed by atoms with Gasteiger partial charge in [0.2, 0.25) is 6.10 Å². The van der Waals surface area contributed by atoms with Gasteiger partial charge in [-0.3, -0.25) is 4.79 Å². The quantitative estimate of drug-likeness (QED) is 0.297. The van der Waals surface area contributed by atoms with Gasteiger partial charge in [-0.2, -0.15) is 0 Å². The first-order chi connectivity index (χ1) is 15.6. The van der Waals surface area contributed by atoms with Crippen LogP contribution in [-0.4, -0.2) is 32.9 Å². The number of carbonyl (C=O) groups is 1. The van der Waals surface area contributed by atoms with Crippen LogP contribution in [0.5, 0.6) is 11.5 Å². The van der Waals surface area contributed by atoms with Gasteiger partial charge in [-0.05, 0) is 44.2 Å². The van der Waals surface area contributed by atoms with Gasteiger partial charge in [0.25, 0.3) is 11.1 Å². The van der Waals surface area contributed by atoms with Gasteiger partial charge in [-0.1, -0.05) is 23.9 Å². The molecule has 0 saturated heterocycles. The molecule has 1 aliphatic heterocycles. The summed E-state index contributed by atoms with van der Waals surface area (Å²) in [6.07, 6.45) is 1.16. The Hall–Kier alpha value is -3.46. The summed E-state index contributed by atoms with van der Waals surface area (Å²) in [5, 5.41) is 8.44. The number of hydrogen-bond donors (Lipinski definition) is 0. The van der Waals surface area contributed by atoms with E-state index in [0.717, 1.165) is 17.1 Å². The lowest BCUT2D eigenvalue weighted by Crippen LogP contribution is -2.21. The smallest absolute Gasteiger partial charge is 0.277 e. The molecule has 8 nitrogen and oxygen atoms in total. The van der Waals surface area contributed by atoms with Gasteiger partial charge in [-0.15, -0.1) is 10.2 Å². The summed E-state index contributed by atoms with van der Waals surface area (Å²) in [5.74, 6) is 2.68. The molecular formula is C23H21N3O5S. The Morgan fingerprint density at radius 1 is 1.16 bits per heavy atom. The molecule has 0 unspecified atom stereocenters. The third-order valence-electron chi connectivity index (χ3n) is 5.30. The minimum Gasteiger partial charge on any atom is -0.485 e. The zero-order valence-electron chi connectivity index (χ0n) is 17.6. The second-order valence-electron chi connectivity index (χ2n) is 7.43. The molecule has 1 aromatic carbocycles. The highest BCUT2D eigenvalue weighted by molar-refractivity contribution is 7.99. The number of ether oxygens (including phenoxy) is 2. The number of para-hydroxylation sites is 2. The van der Waals surface area contributed by atoms with Crippen LogP contribution in [0, 0.1) is 13.8 Å². The molecule has 3 aromatic heterocycles. The van der Waals surface area contributed by atoms with E-state index in [1.807, 2.05) is 56.3 Å². The van der Waals surface area contributed by atoms with Gasteiger partial charge in [-0.25, -0.2) is 0 Å². The SMILES string of the molecule is Cc1cc(C(=O)CSc2nnc([C@H]3COc4ccccc4O3)o2)c(C)n1Cc1ccco1.